The number of alkyl halides is 3. The van der Waals surface area contributed by atoms with E-state index in [9.17, 15) is 22.8 Å². The maximum Gasteiger partial charge on any atom is 0.416 e. The van der Waals surface area contributed by atoms with Crippen molar-refractivity contribution >= 4 is 17.5 Å². The van der Waals surface area contributed by atoms with Crippen LogP contribution in [0.25, 0.3) is 0 Å². The second-order valence-corrected chi connectivity index (χ2v) is 5.15. The summed E-state index contributed by atoms with van der Waals surface area (Å²) in [7, 11) is 0. The molecule has 6 heteroatoms. The minimum absolute atomic E-state index is 0.187. The lowest BCUT2D eigenvalue weighted by molar-refractivity contribution is -0.137. The summed E-state index contributed by atoms with van der Waals surface area (Å²) >= 11 is 0. The zero-order valence-corrected chi connectivity index (χ0v) is 11.0. The van der Waals surface area contributed by atoms with Gasteiger partial charge in [0.15, 0.2) is 0 Å². The maximum absolute atomic E-state index is 12.5. The molecule has 0 fully saturated rings. The van der Waals surface area contributed by atoms with Gasteiger partial charge in [-0.25, -0.2) is 4.90 Å². The molecule has 2 amide bonds. The molecule has 1 aliphatic heterocycles. The van der Waals surface area contributed by atoms with E-state index in [4.69, 9.17) is 0 Å². The van der Waals surface area contributed by atoms with Gasteiger partial charge in [-0.1, -0.05) is 0 Å². The number of hydrogen-bond donors (Lipinski definition) is 0. The zero-order chi connectivity index (χ0) is 15.2. The summed E-state index contributed by atoms with van der Waals surface area (Å²) in [5, 5.41) is 0. The summed E-state index contributed by atoms with van der Waals surface area (Å²) in [5.74, 6) is -0.788. The predicted octanol–water partition coefficient (Wildman–Crippen LogP) is 3.45. The van der Waals surface area contributed by atoms with Gasteiger partial charge < -0.3 is 0 Å². The second-order valence-electron chi connectivity index (χ2n) is 5.15. The van der Waals surface area contributed by atoms with Crippen LogP contribution in [0.3, 0.4) is 0 Å². The smallest absolute Gasteiger partial charge is 0.269 e. The molecule has 0 atom stereocenters. The van der Waals surface area contributed by atoms with Crippen molar-refractivity contribution in [2.45, 2.75) is 31.9 Å². The Hall–Kier alpha value is -2.11. The first-order valence-corrected chi connectivity index (χ1v) is 6.67. The summed E-state index contributed by atoms with van der Waals surface area (Å²) in [6.45, 7) is 0. The zero-order valence-electron chi connectivity index (χ0n) is 11.0. The van der Waals surface area contributed by atoms with Crippen molar-refractivity contribution in [3.63, 3.8) is 0 Å². The number of halogens is 3. The average molecular weight is 295 g/mol. The molecule has 0 N–H and O–H groups in total. The topological polar surface area (TPSA) is 37.4 Å². The Bertz CT molecular complexity index is 616. The third kappa shape index (κ3) is 2.24. The van der Waals surface area contributed by atoms with Crippen LogP contribution in [0, 0.1) is 0 Å². The van der Waals surface area contributed by atoms with E-state index in [-0.39, 0.29) is 5.69 Å². The minimum atomic E-state index is -4.44. The fourth-order valence-electron chi connectivity index (χ4n) is 2.77. The average Bonchev–Trinajstić information content (AvgIpc) is 2.71. The largest absolute Gasteiger partial charge is 0.416 e. The number of nitrogens with zero attached hydrogens (tertiary/aromatic N) is 1. The van der Waals surface area contributed by atoms with E-state index in [2.05, 4.69) is 0 Å². The van der Waals surface area contributed by atoms with Crippen molar-refractivity contribution in [3.05, 3.63) is 41.0 Å². The number of anilines is 1. The number of carbonyl (C=O) groups is 2. The molecule has 0 saturated heterocycles. The molecule has 0 spiro atoms. The first-order valence-electron chi connectivity index (χ1n) is 6.67. The van der Waals surface area contributed by atoms with Crippen LogP contribution in [0.4, 0.5) is 18.9 Å². The van der Waals surface area contributed by atoms with Crippen LogP contribution < -0.4 is 4.90 Å². The molecule has 110 valence electrons. The van der Waals surface area contributed by atoms with E-state index in [0.29, 0.717) is 24.0 Å². The lowest BCUT2D eigenvalue weighted by Gasteiger charge is -2.16. The number of benzene rings is 1. The summed E-state index contributed by atoms with van der Waals surface area (Å²) in [4.78, 5) is 25.5. The Morgan fingerprint density at radius 2 is 1.33 bits per heavy atom. The maximum atomic E-state index is 12.5. The van der Waals surface area contributed by atoms with Crippen molar-refractivity contribution < 1.29 is 22.8 Å². The molecule has 3 rings (SSSR count). The van der Waals surface area contributed by atoms with Gasteiger partial charge in [0.05, 0.1) is 11.3 Å². The highest BCUT2D eigenvalue weighted by atomic mass is 19.4. The standard InChI is InChI=1S/C15H12F3NO2/c16-15(17,18)9-5-7-10(8-6-9)19-13(20)11-3-1-2-4-12(11)14(19)21/h5-8H,1-4H2. The van der Waals surface area contributed by atoms with Crippen molar-refractivity contribution in [1.29, 1.82) is 0 Å². The third-order valence-corrected chi connectivity index (χ3v) is 3.84. The highest BCUT2D eigenvalue weighted by Crippen LogP contribution is 2.36. The Labute approximate surface area is 119 Å². The second kappa shape index (κ2) is 4.72. The molecule has 0 aromatic heterocycles. The van der Waals surface area contributed by atoms with Gasteiger partial charge in [-0.15, -0.1) is 0 Å². The van der Waals surface area contributed by atoms with Crippen molar-refractivity contribution in [2.24, 2.45) is 0 Å². The molecule has 1 aromatic rings. The van der Waals surface area contributed by atoms with E-state index in [1.807, 2.05) is 0 Å². The summed E-state index contributed by atoms with van der Waals surface area (Å²) in [6.07, 6.45) is -1.58. The summed E-state index contributed by atoms with van der Waals surface area (Å²) in [6, 6.07) is 4.09. The van der Waals surface area contributed by atoms with Gasteiger partial charge in [0.2, 0.25) is 0 Å². The van der Waals surface area contributed by atoms with Gasteiger partial charge in [-0.2, -0.15) is 13.2 Å². The molecule has 2 aliphatic rings. The predicted molar refractivity (Wildman–Crippen MR) is 69.4 cm³/mol. The van der Waals surface area contributed by atoms with Gasteiger partial charge in [-0.3, -0.25) is 9.59 Å². The van der Waals surface area contributed by atoms with Crippen LogP contribution in [0.15, 0.2) is 35.4 Å². The summed E-state index contributed by atoms with van der Waals surface area (Å²) in [5.41, 5.74) is 0.424. The Morgan fingerprint density at radius 1 is 0.857 bits per heavy atom. The van der Waals surface area contributed by atoms with E-state index >= 15 is 0 Å². The van der Waals surface area contributed by atoms with Crippen LogP contribution in [0.5, 0.6) is 0 Å². The van der Waals surface area contributed by atoms with Gasteiger partial charge in [0.25, 0.3) is 11.8 Å². The van der Waals surface area contributed by atoms with Crippen LogP contribution in [0.2, 0.25) is 0 Å². The molecule has 1 aliphatic carbocycles. The quantitative estimate of drug-likeness (QED) is 0.744. The fourth-order valence-corrected chi connectivity index (χ4v) is 2.77. The molecular formula is C15H12F3NO2. The summed E-state index contributed by atoms with van der Waals surface area (Å²) < 4.78 is 37.6. The van der Waals surface area contributed by atoms with E-state index in [1.54, 1.807) is 0 Å². The van der Waals surface area contributed by atoms with Crippen LogP contribution >= 0.6 is 0 Å². The molecule has 0 unspecified atom stereocenters. The highest BCUT2D eigenvalue weighted by molar-refractivity contribution is 6.33. The van der Waals surface area contributed by atoms with Gasteiger partial charge in [-0.05, 0) is 49.9 Å². The molecular weight excluding hydrogens is 283 g/mol. The van der Waals surface area contributed by atoms with Gasteiger partial charge in [0.1, 0.15) is 0 Å². The Kier molecular flexibility index (Phi) is 3.11. The normalized spacial score (nSPS) is 19.3. The fraction of sp³-hybridized carbons (Fsp3) is 0.333. The van der Waals surface area contributed by atoms with Crippen LogP contribution in [-0.2, 0) is 15.8 Å². The number of hydrogen-bond acceptors (Lipinski definition) is 2. The van der Waals surface area contributed by atoms with Crippen molar-refractivity contribution in [3.8, 4) is 0 Å². The van der Waals surface area contributed by atoms with E-state index < -0.39 is 23.6 Å². The lowest BCUT2D eigenvalue weighted by atomic mass is 9.93. The van der Waals surface area contributed by atoms with E-state index in [0.717, 1.165) is 42.0 Å². The molecule has 0 bridgehead atoms. The molecule has 3 nitrogen and oxygen atoms in total. The SMILES string of the molecule is O=C1C2=C(CCCC2)C(=O)N1c1ccc(C(F)(F)F)cc1. The first-order chi connectivity index (χ1) is 9.89. The number of imide groups is 1. The molecule has 0 saturated carbocycles. The van der Waals surface area contributed by atoms with Crippen molar-refractivity contribution in [2.75, 3.05) is 4.90 Å². The first kappa shape index (κ1) is 13.9. The number of amides is 2. The molecule has 0 radical (unpaired) electrons. The Morgan fingerprint density at radius 3 is 1.76 bits per heavy atom. The van der Waals surface area contributed by atoms with Crippen LogP contribution in [-0.4, -0.2) is 11.8 Å². The number of carbonyl (C=O) groups excluding carboxylic acids is 2. The number of rotatable bonds is 1. The van der Waals surface area contributed by atoms with Gasteiger partial charge in [0, 0.05) is 11.1 Å². The Balaban J connectivity index is 1.92. The molecule has 1 aromatic carbocycles. The minimum Gasteiger partial charge on any atom is -0.269 e. The molecule has 21 heavy (non-hydrogen) atoms. The highest BCUT2D eigenvalue weighted by Gasteiger charge is 2.40. The lowest BCUT2D eigenvalue weighted by Crippen LogP contribution is -2.31. The van der Waals surface area contributed by atoms with Crippen molar-refractivity contribution in [1.82, 2.24) is 0 Å². The monoisotopic (exact) mass is 295 g/mol. The third-order valence-electron chi connectivity index (χ3n) is 3.84. The van der Waals surface area contributed by atoms with E-state index in [1.165, 1.54) is 0 Å². The van der Waals surface area contributed by atoms with Gasteiger partial charge >= 0.3 is 6.18 Å². The molecule has 1 heterocycles. The van der Waals surface area contributed by atoms with Crippen LogP contribution in [0.1, 0.15) is 31.2 Å².